The third kappa shape index (κ3) is 2.95. The van der Waals surface area contributed by atoms with E-state index in [4.69, 9.17) is 4.74 Å². The number of amides is 1. The van der Waals surface area contributed by atoms with Crippen LogP contribution in [0.25, 0.3) is 11.0 Å². The van der Waals surface area contributed by atoms with Gasteiger partial charge in [-0.1, -0.05) is 11.8 Å². The smallest absolute Gasteiger partial charge is 0.230 e. The molecular weight excluding hydrogens is 250 g/mol. The number of thioether (sulfide) groups is 1. The quantitative estimate of drug-likeness (QED) is 0.809. The molecule has 0 fully saturated rings. The summed E-state index contributed by atoms with van der Waals surface area (Å²) in [6.07, 6.45) is 0. The predicted molar refractivity (Wildman–Crippen MR) is 72.1 cm³/mol. The van der Waals surface area contributed by atoms with Crippen LogP contribution in [0.1, 0.15) is 6.92 Å². The number of ether oxygens (including phenoxy) is 1. The average Bonchev–Trinajstić information content (AvgIpc) is 2.78. The maximum atomic E-state index is 11.3. The molecule has 2 aromatic rings. The van der Waals surface area contributed by atoms with Gasteiger partial charge in [-0.15, -0.1) is 0 Å². The van der Waals surface area contributed by atoms with Crippen molar-refractivity contribution in [1.29, 1.82) is 0 Å². The zero-order valence-corrected chi connectivity index (χ0v) is 11.1. The van der Waals surface area contributed by atoms with Crippen molar-refractivity contribution in [2.24, 2.45) is 0 Å². The Bertz CT molecular complexity index is 553. The number of hydrogen-bond acceptors (Lipinski definition) is 4. The van der Waals surface area contributed by atoms with Gasteiger partial charge in [0.25, 0.3) is 0 Å². The summed E-state index contributed by atoms with van der Waals surface area (Å²) in [5.74, 6) is 1.16. The number of aromatic amines is 1. The Labute approximate surface area is 109 Å². The molecule has 0 atom stereocenters. The van der Waals surface area contributed by atoms with E-state index < -0.39 is 0 Å². The van der Waals surface area contributed by atoms with Crippen LogP contribution in [0.15, 0.2) is 23.4 Å². The van der Waals surface area contributed by atoms with Crippen molar-refractivity contribution in [3.63, 3.8) is 0 Å². The molecule has 0 spiro atoms. The number of imidazole rings is 1. The maximum Gasteiger partial charge on any atom is 0.230 e. The highest BCUT2D eigenvalue weighted by Gasteiger charge is 2.07. The molecule has 96 valence electrons. The lowest BCUT2D eigenvalue weighted by molar-refractivity contribution is -0.118. The Morgan fingerprint density at radius 1 is 1.56 bits per heavy atom. The van der Waals surface area contributed by atoms with E-state index in [9.17, 15) is 4.79 Å². The summed E-state index contributed by atoms with van der Waals surface area (Å²) in [6.45, 7) is 2.55. The number of methoxy groups -OCH3 is 1. The molecule has 18 heavy (non-hydrogen) atoms. The van der Waals surface area contributed by atoms with E-state index in [1.54, 1.807) is 7.11 Å². The molecule has 6 heteroatoms. The summed E-state index contributed by atoms with van der Waals surface area (Å²) in [5.41, 5.74) is 1.78. The molecule has 0 saturated carbocycles. The number of benzene rings is 1. The van der Waals surface area contributed by atoms with Crippen molar-refractivity contribution in [2.75, 3.05) is 19.4 Å². The van der Waals surface area contributed by atoms with Gasteiger partial charge in [0.1, 0.15) is 5.75 Å². The second-order valence-electron chi connectivity index (χ2n) is 3.67. The van der Waals surface area contributed by atoms with E-state index in [1.807, 2.05) is 25.1 Å². The summed E-state index contributed by atoms with van der Waals surface area (Å²) in [4.78, 5) is 18.9. The molecule has 1 heterocycles. The molecule has 1 aromatic heterocycles. The molecule has 0 aliphatic carbocycles. The third-order valence-electron chi connectivity index (χ3n) is 2.38. The fourth-order valence-corrected chi connectivity index (χ4v) is 2.26. The minimum atomic E-state index is 0.0144. The summed E-state index contributed by atoms with van der Waals surface area (Å²) >= 11 is 1.39. The Kier molecular flexibility index (Phi) is 4.09. The largest absolute Gasteiger partial charge is 0.497 e. The molecule has 2 rings (SSSR count). The number of carbonyl (C=O) groups is 1. The second kappa shape index (κ2) is 5.77. The molecule has 0 bridgehead atoms. The second-order valence-corrected chi connectivity index (χ2v) is 4.63. The van der Waals surface area contributed by atoms with Gasteiger partial charge in [0.05, 0.1) is 23.9 Å². The summed E-state index contributed by atoms with van der Waals surface area (Å²) in [6, 6.07) is 5.64. The average molecular weight is 265 g/mol. The minimum Gasteiger partial charge on any atom is -0.497 e. The van der Waals surface area contributed by atoms with Gasteiger partial charge in [-0.25, -0.2) is 4.98 Å². The zero-order chi connectivity index (χ0) is 13.0. The zero-order valence-electron chi connectivity index (χ0n) is 10.3. The van der Waals surface area contributed by atoms with Gasteiger partial charge in [0, 0.05) is 12.6 Å². The predicted octanol–water partition coefficient (Wildman–Crippen LogP) is 1.80. The van der Waals surface area contributed by atoms with Crippen molar-refractivity contribution in [1.82, 2.24) is 15.3 Å². The number of rotatable bonds is 5. The van der Waals surface area contributed by atoms with E-state index in [-0.39, 0.29) is 5.91 Å². The maximum absolute atomic E-state index is 11.3. The van der Waals surface area contributed by atoms with Gasteiger partial charge in [-0.2, -0.15) is 0 Å². The number of aromatic nitrogens is 2. The number of hydrogen-bond donors (Lipinski definition) is 2. The highest BCUT2D eigenvalue weighted by Crippen LogP contribution is 2.22. The monoisotopic (exact) mass is 265 g/mol. The topological polar surface area (TPSA) is 67.0 Å². The highest BCUT2D eigenvalue weighted by molar-refractivity contribution is 7.99. The van der Waals surface area contributed by atoms with E-state index >= 15 is 0 Å². The Hall–Kier alpha value is -1.69. The molecule has 5 nitrogen and oxygen atoms in total. The van der Waals surface area contributed by atoms with Crippen molar-refractivity contribution < 1.29 is 9.53 Å². The van der Waals surface area contributed by atoms with Crippen LogP contribution in [0.2, 0.25) is 0 Å². The summed E-state index contributed by atoms with van der Waals surface area (Å²) in [7, 11) is 1.63. The van der Waals surface area contributed by atoms with Crippen LogP contribution in [-0.2, 0) is 4.79 Å². The highest BCUT2D eigenvalue weighted by atomic mass is 32.2. The lowest BCUT2D eigenvalue weighted by Gasteiger charge is -1.98. The first-order chi connectivity index (χ1) is 8.72. The van der Waals surface area contributed by atoms with Gasteiger partial charge >= 0.3 is 0 Å². The molecule has 2 N–H and O–H groups in total. The fourth-order valence-electron chi connectivity index (χ4n) is 1.54. The van der Waals surface area contributed by atoms with Gasteiger partial charge in [-0.3, -0.25) is 4.79 Å². The van der Waals surface area contributed by atoms with Gasteiger partial charge < -0.3 is 15.0 Å². The third-order valence-corrected chi connectivity index (χ3v) is 3.25. The SMILES string of the molecule is CCNC(=O)CSc1nc2ccc(OC)cc2[nH]1. The lowest BCUT2D eigenvalue weighted by Crippen LogP contribution is -2.24. The summed E-state index contributed by atoms with van der Waals surface area (Å²) in [5, 5.41) is 3.49. The van der Waals surface area contributed by atoms with Crippen LogP contribution in [0, 0.1) is 0 Å². The molecule has 0 radical (unpaired) electrons. The molecule has 0 saturated heterocycles. The van der Waals surface area contributed by atoms with Gasteiger partial charge in [0.2, 0.25) is 5.91 Å². The molecule has 0 unspecified atom stereocenters. The number of H-pyrrole nitrogens is 1. The van der Waals surface area contributed by atoms with Gasteiger partial charge in [-0.05, 0) is 19.1 Å². The number of nitrogens with one attached hydrogen (secondary N) is 2. The van der Waals surface area contributed by atoms with E-state index in [0.717, 1.165) is 21.9 Å². The summed E-state index contributed by atoms with van der Waals surface area (Å²) < 4.78 is 5.14. The molecule has 1 aromatic carbocycles. The normalized spacial score (nSPS) is 10.6. The van der Waals surface area contributed by atoms with E-state index in [1.165, 1.54) is 11.8 Å². The van der Waals surface area contributed by atoms with Crippen molar-refractivity contribution in [2.45, 2.75) is 12.1 Å². The number of nitrogens with zero attached hydrogens (tertiary/aromatic N) is 1. The molecule has 1 amide bonds. The van der Waals surface area contributed by atoms with E-state index in [0.29, 0.717) is 12.3 Å². The van der Waals surface area contributed by atoms with Crippen molar-refractivity contribution >= 4 is 28.7 Å². The fraction of sp³-hybridized carbons (Fsp3) is 0.333. The van der Waals surface area contributed by atoms with E-state index in [2.05, 4.69) is 15.3 Å². The van der Waals surface area contributed by atoms with Crippen LogP contribution >= 0.6 is 11.8 Å². The standard InChI is InChI=1S/C12H15N3O2S/c1-3-13-11(16)7-18-12-14-9-5-4-8(17-2)6-10(9)15-12/h4-6H,3,7H2,1-2H3,(H,13,16)(H,14,15). The molecular formula is C12H15N3O2S. The number of carbonyl (C=O) groups excluding carboxylic acids is 1. The first-order valence-corrected chi connectivity index (χ1v) is 6.64. The number of fused-ring (bicyclic) bond motifs is 1. The van der Waals surface area contributed by atoms with Gasteiger partial charge in [0.15, 0.2) is 5.16 Å². The molecule has 0 aliphatic heterocycles. The van der Waals surface area contributed by atoms with Crippen molar-refractivity contribution in [3.8, 4) is 5.75 Å². The van der Waals surface area contributed by atoms with Crippen LogP contribution in [0.5, 0.6) is 5.75 Å². The van der Waals surface area contributed by atoms with Crippen molar-refractivity contribution in [3.05, 3.63) is 18.2 Å². The minimum absolute atomic E-state index is 0.0144. The van der Waals surface area contributed by atoms with Crippen LogP contribution < -0.4 is 10.1 Å². The Balaban J connectivity index is 2.08. The Morgan fingerprint density at radius 2 is 2.39 bits per heavy atom. The lowest BCUT2D eigenvalue weighted by atomic mass is 10.3. The van der Waals surface area contributed by atoms with Crippen LogP contribution in [-0.4, -0.2) is 35.3 Å². The first kappa shape index (κ1) is 12.8. The van der Waals surface area contributed by atoms with Crippen LogP contribution in [0.4, 0.5) is 0 Å². The van der Waals surface area contributed by atoms with Crippen LogP contribution in [0.3, 0.4) is 0 Å². The molecule has 0 aliphatic rings. The Morgan fingerprint density at radius 3 is 3.11 bits per heavy atom. The first-order valence-electron chi connectivity index (χ1n) is 5.66.